The van der Waals surface area contributed by atoms with E-state index in [9.17, 15) is 5.11 Å². The number of aromatic hydroxyl groups is 1. The largest absolute Gasteiger partial charge is 0.504 e. The third kappa shape index (κ3) is 5.02. The lowest BCUT2D eigenvalue weighted by molar-refractivity contribution is 0.171. The summed E-state index contributed by atoms with van der Waals surface area (Å²) in [6.07, 6.45) is 2.56. The van der Waals surface area contributed by atoms with Crippen molar-refractivity contribution in [1.29, 1.82) is 5.26 Å². The molecule has 1 aromatic rings. The first kappa shape index (κ1) is 21.6. The number of rotatable bonds is 5. The maximum absolute atomic E-state index is 10.4. The predicted molar refractivity (Wildman–Crippen MR) is 95.9 cm³/mol. The lowest BCUT2D eigenvalue weighted by Crippen LogP contribution is -2.45. The predicted octanol–water partition coefficient (Wildman–Crippen LogP) is 2.64. The normalized spacial score (nSPS) is 15.5. The van der Waals surface area contributed by atoms with Crippen LogP contribution >= 0.6 is 24.8 Å². The molecule has 7 heteroatoms. The van der Waals surface area contributed by atoms with Gasteiger partial charge in [0.25, 0.3) is 0 Å². The number of ether oxygens (including phenoxy) is 1. The van der Waals surface area contributed by atoms with E-state index in [1.165, 1.54) is 7.11 Å². The number of benzene rings is 1. The number of phenolic OH excluding ortho intramolecular Hbond substituents is 1. The molecule has 0 saturated carbocycles. The average molecular weight is 360 g/mol. The van der Waals surface area contributed by atoms with Crippen LogP contribution < -0.4 is 10.1 Å². The molecule has 1 aliphatic heterocycles. The summed E-state index contributed by atoms with van der Waals surface area (Å²) in [6.45, 7) is 7.46. The number of methoxy groups -OCH3 is 1. The van der Waals surface area contributed by atoms with Crippen LogP contribution in [0.3, 0.4) is 0 Å². The first-order chi connectivity index (χ1) is 10.2. The number of nitrogens with one attached hydrogen (secondary N) is 1. The smallest absolute Gasteiger partial charge is 0.162 e. The zero-order chi connectivity index (χ0) is 15.2. The van der Waals surface area contributed by atoms with Crippen LogP contribution in [0.1, 0.15) is 23.6 Å². The van der Waals surface area contributed by atoms with Crippen molar-refractivity contribution >= 4 is 24.8 Å². The van der Waals surface area contributed by atoms with Gasteiger partial charge in [-0.3, -0.25) is 4.90 Å². The molecule has 1 fully saturated rings. The number of hydrogen-bond acceptors (Lipinski definition) is 5. The monoisotopic (exact) mass is 359 g/mol. The molecule has 0 bridgehead atoms. The van der Waals surface area contributed by atoms with E-state index in [0.29, 0.717) is 17.7 Å². The van der Waals surface area contributed by atoms with Gasteiger partial charge in [0.05, 0.1) is 18.7 Å². The molecule has 0 spiro atoms. The van der Waals surface area contributed by atoms with Crippen LogP contribution in [0.4, 0.5) is 0 Å². The summed E-state index contributed by atoms with van der Waals surface area (Å²) >= 11 is 0. The summed E-state index contributed by atoms with van der Waals surface area (Å²) < 4.78 is 5.19. The van der Waals surface area contributed by atoms with Crippen LogP contribution in [0.2, 0.25) is 0 Å². The van der Waals surface area contributed by atoms with E-state index in [0.717, 1.165) is 31.7 Å². The summed E-state index contributed by atoms with van der Waals surface area (Å²) in [7, 11) is 1.49. The fourth-order valence-corrected chi connectivity index (χ4v) is 2.73. The third-order valence-electron chi connectivity index (χ3n) is 3.79. The van der Waals surface area contributed by atoms with Gasteiger partial charge in [-0.2, -0.15) is 5.26 Å². The van der Waals surface area contributed by atoms with Gasteiger partial charge in [0.15, 0.2) is 11.5 Å². The van der Waals surface area contributed by atoms with Gasteiger partial charge in [-0.15, -0.1) is 31.4 Å². The SMILES string of the molecule is C=CC[C@H](c1cc(C#N)cc(OC)c1O)N1CCNCC1.Cl.Cl. The highest BCUT2D eigenvalue weighted by Crippen LogP contribution is 2.39. The van der Waals surface area contributed by atoms with E-state index >= 15 is 0 Å². The number of nitriles is 1. The van der Waals surface area contributed by atoms with Gasteiger partial charge in [-0.25, -0.2) is 0 Å². The molecular formula is C16H23Cl2N3O2. The van der Waals surface area contributed by atoms with Crippen molar-refractivity contribution in [3.05, 3.63) is 35.9 Å². The quantitative estimate of drug-likeness (QED) is 0.791. The number of hydrogen-bond donors (Lipinski definition) is 2. The highest BCUT2D eigenvalue weighted by Gasteiger charge is 2.25. The van der Waals surface area contributed by atoms with E-state index in [2.05, 4.69) is 22.9 Å². The Morgan fingerprint density at radius 1 is 1.43 bits per heavy atom. The van der Waals surface area contributed by atoms with Gasteiger partial charge in [0.2, 0.25) is 0 Å². The second-order valence-electron chi connectivity index (χ2n) is 5.05. The van der Waals surface area contributed by atoms with Crippen LogP contribution in [0.25, 0.3) is 0 Å². The van der Waals surface area contributed by atoms with Gasteiger partial charge in [-0.1, -0.05) is 6.08 Å². The van der Waals surface area contributed by atoms with Crippen LogP contribution in [0.5, 0.6) is 11.5 Å². The molecule has 0 aliphatic carbocycles. The Kier molecular flexibility index (Phi) is 9.70. The summed E-state index contributed by atoms with van der Waals surface area (Å²) in [6, 6.07) is 5.43. The number of halogens is 2. The lowest BCUT2D eigenvalue weighted by Gasteiger charge is -2.35. The topological polar surface area (TPSA) is 68.5 Å². The van der Waals surface area contributed by atoms with Crippen molar-refractivity contribution in [3.8, 4) is 17.6 Å². The standard InChI is InChI=1S/C16H21N3O2.2ClH/c1-3-4-14(19-7-5-18-6-8-19)13-9-12(11-17)10-15(21-2)16(13)20;;/h3,9-10,14,18,20H,1,4-8H2,2H3;2*1H/t14-;;/m1../s1. The van der Waals surface area contributed by atoms with Crippen LogP contribution in [-0.4, -0.2) is 43.3 Å². The molecule has 0 radical (unpaired) electrons. The zero-order valence-corrected chi connectivity index (χ0v) is 14.8. The highest BCUT2D eigenvalue weighted by molar-refractivity contribution is 5.85. The summed E-state index contributed by atoms with van der Waals surface area (Å²) in [4.78, 5) is 2.30. The molecule has 1 aliphatic rings. The second kappa shape index (κ2) is 10.3. The molecule has 2 rings (SSSR count). The molecule has 0 aromatic heterocycles. The van der Waals surface area contributed by atoms with Gasteiger partial charge < -0.3 is 15.2 Å². The molecule has 0 unspecified atom stereocenters. The minimum Gasteiger partial charge on any atom is -0.504 e. The van der Waals surface area contributed by atoms with Crippen molar-refractivity contribution in [1.82, 2.24) is 10.2 Å². The van der Waals surface area contributed by atoms with Crippen molar-refractivity contribution < 1.29 is 9.84 Å². The Labute approximate surface area is 149 Å². The Morgan fingerprint density at radius 3 is 2.61 bits per heavy atom. The zero-order valence-electron chi connectivity index (χ0n) is 13.1. The third-order valence-corrected chi connectivity index (χ3v) is 3.79. The van der Waals surface area contributed by atoms with E-state index < -0.39 is 0 Å². The molecule has 1 atom stereocenters. The summed E-state index contributed by atoms with van der Waals surface area (Å²) in [5.41, 5.74) is 1.22. The van der Waals surface area contributed by atoms with Crippen LogP contribution in [-0.2, 0) is 0 Å². The van der Waals surface area contributed by atoms with E-state index in [4.69, 9.17) is 10.00 Å². The maximum Gasteiger partial charge on any atom is 0.162 e. The van der Waals surface area contributed by atoms with Crippen LogP contribution in [0, 0.1) is 11.3 Å². The van der Waals surface area contributed by atoms with Crippen molar-refractivity contribution in [3.63, 3.8) is 0 Å². The fourth-order valence-electron chi connectivity index (χ4n) is 2.73. The minimum atomic E-state index is 0. The van der Waals surface area contributed by atoms with Gasteiger partial charge >= 0.3 is 0 Å². The molecule has 128 valence electrons. The second-order valence-corrected chi connectivity index (χ2v) is 5.05. The van der Waals surface area contributed by atoms with E-state index in [-0.39, 0.29) is 36.6 Å². The fraction of sp³-hybridized carbons (Fsp3) is 0.438. The number of phenols is 1. The number of piperazine rings is 1. The first-order valence-corrected chi connectivity index (χ1v) is 7.08. The first-order valence-electron chi connectivity index (χ1n) is 7.08. The Morgan fingerprint density at radius 2 is 2.09 bits per heavy atom. The molecule has 0 amide bonds. The molecule has 1 saturated heterocycles. The van der Waals surface area contributed by atoms with Crippen molar-refractivity contribution in [2.75, 3.05) is 33.3 Å². The molecule has 2 N–H and O–H groups in total. The highest BCUT2D eigenvalue weighted by atomic mass is 35.5. The van der Waals surface area contributed by atoms with Crippen molar-refractivity contribution in [2.45, 2.75) is 12.5 Å². The van der Waals surface area contributed by atoms with Crippen LogP contribution in [0.15, 0.2) is 24.8 Å². The number of nitrogens with zero attached hydrogens (tertiary/aromatic N) is 2. The average Bonchev–Trinajstić information content (AvgIpc) is 2.54. The molecule has 1 heterocycles. The van der Waals surface area contributed by atoms with E-state index in [1.54, 1.807) is 12.1 Å². The summed E-state index contributed by atoms with van der Waals surface area (Å²) in [5, 5.41) is 22.9. The minimum absolute atomic E-state index is 0. The maximum atomic E-state index is 10.4. The molecule has 5 nitrogen and oxygen atoms in total. The Balaban J connectivity index is 0.00000242. The Hall–Kier alpha value is -1.45. The van der Waals surface area contributed by atoms with Gasteiger partial charge in [-0.05, 0) is 12.5 Å². The molecule has 1 aromatic carbocycles. The van der Waals surface area contributed by atoms with Gasteiger partial charge in [0.1, 0.15) is 0 Å². The van der Waals surface area contributed by atoms with E-state index in [1.807, 2.05) is 6.08 Å². The molecule has 23 heavy (non-hydrogen) atoms. The molecular weight excluding hydrogens is 337 g/mol. The lowest BCUT2D eigenvalue weighted by atomic mass is 9.97. The summed E-state index contributed by atoms with van der Waals surface area (Å²) in [5.74, 6) is 0.454. The van der Waals surface area contributed by atoms with Crippen molar-refractivity contribution in [2.24, 2.45) is 0 Å². The van der Waals surface area contributed by atoms with Gasteiger partial charge in [0, 0.05) is 43.9 Å². The Bertz CT molecular complexity index is 555.